The highest BCUT2D eigenvalue weighted by molar-refractivity contribution is 14.1. The van der Waals surface area contributed by atoms with E-state index in [4.69, 9.17) is 10.2 Å². The second-order valence-corrected chi connectivity index (χ2v) is 6.60. The van der Waals surface area contributed by atoms with E-state index in [-0.39, 0.29) is 16.7 Å². The summed E-state index contributed by atoms with van der Waals surface area (Å²) in [5.74, 6) is -2.21. The van der Waals surface area contributed by atoms with Gasteiger partial charge in [0.05, 0.1) is 11.1 Å². The van der Waals surface area contributed by atoms with Gasteiger partial charge in [0.2, 0.25) is 0 Å². The molecule has 0 aliphatic rings. The van der Waals surface area contributed by atoms with Crippen LogP contribution in [0.25, 0.3) is 11.1 Å². The average molecular weight is 460 g/mol. The van der Waals surface area contributed by atoms with Gasteiger partial charge in [-0.15, -0.1) is 0 Å². The average Bonchev–Trinajstić information content (AvgIpc) is 2.63. The molecule has 0 amide bonds. The molecule has 0 aromatic heterocycles. The van der Waals surface area contributed by atoms with Crippen LogP contribution in [0.15, 0.2) is 72.8 Å². The number of carbonyl (C=O) groups is 2. The standard InChI is InChI=1S/C12H10.C9H7IO4/c1-3-7-11(8-4-1)12-9-5-2-6-10-12;1-4-5(8(11)12)2-3-6(10)7(4)9(13)14/h1-10H;2-3H,1H3,(H,11,12)(H,13,14). The van der Waals surface area contributed by atoms with Crippen molar-refractivity contribution in [3.8, 4) is 11.1 Å². The van der Waals surface area contributed by atoms with Gasteiger partial charge in [0.15, 0.2) is 0 Å². The van der Waals surface area contributed by atoms with Gasteiger partial charge in [0, 0.05) is 3.57 Å². The lowest BCUT2D eigenvalue weighted by molar-refractivity contribution is 0.0695. The van der Waals surface area contributed by atoms with Gasteiger partial charge in [-0.05, 0) is 58.3 Å². The minimum absolute atomic E-state index is 0.0304. The fourth-order valence-corrected chi connectivity index (χ4v) is 3.25. The molecule has 0 saturated carbocycles. The summed E-state index contributed by atoms with van der Waals surface area (Å²) in [4.78, 5) is 21.5. The number of hydrogen-bond donors (Lipinski definition) is 2. The van der Waals surface area contributed by atoms with E-state index >= 15 is 0 Å². The summed E-state index contributed by atoms with van der Waals surface area (Å²) >= 11 is 1.87. The molecule has 0 fully saturated rings. The van der Waals surface area contributed by atoms with Crippen molar-refractivity contribution < 1.29 is 19.8 Å². The summed E-state index contributed by atoms with van der Waals surface area (Å²) in [6.07, 6.45) is 0. The Labute approximate surface area is 165 Å². The van der Waals surface area contributed by atoms with Gasteiger partial charge in [0.1, 0.15) is 0 Å². The Morgan fingerprint density at radius 3 is 1.58 bits per heavy atom. The zero-order valence-electron chi connectivity index (χ0n) is 14.0. The maximum Gasteiger partial charge on any atom is 0.337 e. The molecule has 0 spiro atoms. The Kier molecular flexibility index (Phi) is 6.91. The maximum absolute atomic E-state index is 10.8. The van der Waals surface area contributed by atoms with E-state index in [1.165, 1.54) is 30.2 Å². The van der Waals surface area contributed by atoms with Crippen molar-refractivity contribution in [1.29, 1.82) is 0 Å². The molecule has 0 atom stereocenters. The van der Waals surface area contributed by atoms with E-state index in [1.54, 1.807) is 0 Å². The Morgan fingerprint density at radius 2 is 1.19 bits per heavy atom. The van der Waals surface area contributed by atoms with Gasteiger partial charge in [-0.2, -0.15) is 0 Å². The van der Waals surface area contributed by atoms with Crippen LogP contribution in [0.4, 0.5) is 0 Å². The van der Waals surface area contributed by atoms with Crippen LogP contribution >= 0.6 is 22.6 Å². The Bertz CT molecular complexity index is 869. The van der Waals surface area contributed by atoms with Gasteiger partial charge >= 0.3 is 11.9 Å². The van der Waals surface area contributed by atoms with Gasteiger partial charge in [-0.3, -0.25) is 0 Å². The molecule has 0 bridgehead atoms. The van der Waals surface area contributed by atoms with Crippen LogP contribution in [0.2, 0.25) is 0 Å². The first kappa shape index (κ1) is 19.7. The molecular weight excluding hydrogens is 443 g/mol. The third kappa shape index (κ3) is 4.92. The Morgan fingerprint density at radius 1 is 0.731 bits per heavy atom. The van der Waals surface area contributed by atoms with E-state index in [0.717, 1.165) is 0 Å². The number of carboxylic acids is 2. The summed E-state index contributed by atoms with van der Waals surface area (Å²) in [5, 5.41) is 17.6. The molecule has 3 aromatic rings. The smallest absolute Gasteiger partial charge is 0.337 e. The van der Waals surface area contributed by atoms with Crippen molar-refractivity contribution in [2.24, 2.45) is 0 Å². The predicted molar refractivity (Wildman–Crippen MR) is 110 cm³/mol. The first-order chi connectivity index (χ1) is 12.4. The summed E-state index contributed by atoms with van der Waals surface area (Å²) in [7, 11) is 0. The molecule has 5 heteroatoms. The molecule has 0 aliphatic carbocycles. The van der Waals surface area contributed by atoms with Crippen LogP contribution in [0, 0.1) is 10.5 Å². The number of hydrogen-bond acceptors (Lipinski definition) is 2. The predicted octanol–water partition coefficient (Wildman–Crippen LogP) is 5.35. The SMILES string of the molecule is Cc1c(C(=O)O)ccc(I)c1C(=O)O.c1ccc(-c2ccccc2)cc1. The van der Waals surface area contributed by atoms with Crippen LogP contribution in [0.1, 0.15) is 26.3 Å². The molecule has 0 radical (unpaired) electrons. The molecule has 0 saturated heterocycles. The molecule has 3 aromatic carbocycles. The van der Waals surface area contributed by atoms with Crippen LogP contribution in [-0.2, 0) is 0 Å². The topological polar surface area (TPSA) is 74.6 Å². The third-order valence-electron chi connectivity index (χ3n) is 3.74. The van der Waals surface area contributed by atoms with E-state index in [9.17, 15) is 9.59 Å². The molecule has 0 heterocycles. The van der Waals surface area contributed by atoms with Gasteiger partial charge in [-0.1, -0.05) is 60.7 Å². The fourth-order valence-electron chi connectivity index (χ4n) is 2.43. The largest absolute Gasteiger partial charge is 0.478 e. The zero-order valence-corrected chi connectivity index (χ0v) is 16.2. The molecule has 2 N–H and O–H groups in total. The van der Waals surface area contributed by atoms with Crippen LogP contribution in [0.5, 0.6) is 0 Å². The van der Waals surface area contributed by atoms with E-state index in [2.05, 4.69) is 48.5 Å². The number of rotatable bonds is 3. The molecular formula is C21H17IO4. The van der Waals surface area contributed by atoms with Gasteiger partial charge < -0.3 is 10.2 Å². The lowest BCUT2D eigenvalue weighted by Gasteiger charge is -2.06. The first-order valence-electron chi connectivity index (χ1n) is 7.78. The number of aromatic carboxylic acids is 2. The molecule has 3 rings (SSSR count). The molecule has 0 aliphatic heterocycles. The summed E-state index contributed by atoms with van der Waals surface area (Å²) < 4.78 is 0.539. The maximum atomic E-state index is 10.8. The van der Waals surface area contributed by atoms with Crippen molar-refractivity contribution in [3.63, 3.8) is 0 Å². The van der Waals surface area contributed by atoms with E-state index in [1.807, 2.05) is 34.7 Å². The summed E-state index contributed by atoms with van der Waals surface area (Å²) in [5.41, 5.74) is 2.93. The van der Waals surface area contributed by atoms with E-state index in [0.29, 0.717) is 3.57 Å². The fraction of sp³-hybridized carbons (Fsp3) is 0.0476. The minimum Gasteiger partial charge on any atom is -0.478 e. The Balaban J connectivity index is 0.000000189. The van der Waals surface area contributed by atoms with Crippen LogP contribution < -0.4 is 0 Å². The number of carboxylic acid groups (broad SMARTS) is 2. The third-order valence-corrected chi connectivity index (χ3v) is 4.64. The molecule has 4 nitrogen and oxygen atoms in total. The normalized spacial score (nSPS) is 9.77. The Hall–Kier alpha value is -2.67. The quantitative estimate of drug-likeness (QED) is 0.517. The second-order valence-electron chi connectivity index (χ2n) is 5.44. The highest BCUT2D eigenvalue weighted by Gasteiger charge is 2.17. The molecule has 26 heavy (non-hydrogen) atoms. The minimum atomic E-state index is -1.11. The lowest BCUT2D eigenvalue weighted by Crippen LogP contribution is -2.09. The van der Waals surface area contributed by atoms with Gasteiger partial charge in [0.25, 0.3) is 0 Å². The van der Waals surface area contributed by atoms with Crippen LogP contribution in [0.3, 0.4) is 0 Å². The summed E-state index contributed by atoms with van der Waals surface area (Å²) in [6, 6.07) is 23.7. The van der Waals surface area contributed by atoms with Crippen molar-refractivity contribution in [3.05, 3.63) is 93.1 Å². The van der Waals surface area contributed by atoms with Crippen molar-refractivity contribution in [2.45, 2.75) is 6.92 Å². The number of halogens is 1. The second kappa shape index (κ2) is 9.15. The van der Waals surface area contributed by atoms with Crippen molar-refractivity contribution >= 4 is 34.5 Å². The monoisotopic (exact) mass is 460 g/mol. The molecule has 132 valence electrons. The van der Waals surface area contributed by atoms with E-state index < -0.39 is 11.9 Å². The molecule has 0 unspecified atom stereocenters. The first-order valence-corrected chi connectivity index (χ1v) is 8.86. The number of benzene rings is 3. The van der Waals surface area contributed by atoms with Crippen molar-refractivity contribution in [2.75, 3.05) is 0 Å². The van der Waals surface area contributed by atoms with Crippen LogP contribution in [-0.4, -0.2) is 22.2 Å². The van der Waals surface area contributed by atoms with Gasteiger partial charge in [-0.25, -0.2) is 9.59 Å². The van der Waals surface area contributed by atoms with Crippen molar-refractivity contribution in [1.82, 2.24) is 0 Å². The highest BCUT2D eigenvalue weighted by atomic mass is 127. The highest BCUT2D eigenvalue weighted by Crippen LogP contribution is 2.20. The zero-order chi connectivity index (χ0) is 19.1. The summed E-state index contributed by atoms with van der Waals surface area (Å²) in [6.45, 7) is 1.50. The lowest BCUT2D eigenvalue weighted by atomic mass is 10.0.